The van der Waals surface area contributed by atoms with Crippen LogP contribution in [0.15, 0.2) is 65.2 Å². The van der Waals surface area contributed by atoms with Gasteiger partial charge in [0.05, 0.1) is 12.2 Å². The Labute approximate surface area is 212 Å². The van der Waals surface area contributed by atoms with Gasteiger partial charge in [-0.15, -0.1) is 11.3 Å². The highest BCUT2D eigenvalue weighted by atomic mass is 32.2. The van der Waals surface area contributed by atoms with Crippen molar-refractivity contribution in [1.29, 1.82) is 0 Å². The van der Waals surface area contributed by atoms with E-state index in [4.69, 9.17) is 9.26 Å². The van der Waals surface area contributed by atoms with Gasteiger partial charge in [0, 0.05) is 22.4 Å². The fourth-order valence-electron chi connectivity index (χ4n) is 3.02. The average Bonchev–Trinajstić information content (AvgIpc) is 3.55. The van der Waals surface area contributed by atoms with E-state index in [9.17, 15) is 9.59 Å². The second-order valence-electron chi connectivity index (χ2n) is 6.70. The molecule has 2 heterocycles. The molecule has 0 saturated heterocycles. The third kappa shape index (κ3) is 6.49. The number of carbonyl (C=O) groups excluding carboxylic acids is 2. The van der Waals surface area contributed by atoms with E-state index in [1.54, 1.807) is 13.0 Å². The first kappa shape index (κ1) is 26.0. The van der Waals surface area contributed by atoms with Crippen LogP contribution in [0, 0.1) is 0 Å². The Hall–Kier alpha value is -3.63. The Bertz CT molecular complexity index is 1270. The van der Waals surface area contributed by atoms with Crippen LogP contribution in [0.3, 0.4) is 0 Å². The lowest BCUT2D eigenvalue weighted by Crippen LogP contribution is -2.14. The minimum atomic E-state index is -0.612. The number of carbonyl (C=O) groups is 2. The molecular formula is C25H26N4O4S2. The summed E-state index contributed by atoms with van der Waals surface area (Å²) in [5.41, 5.74) is 2.77. The topological polar surface area (TPSA) is 106 Å². The number of amides is 1. The van der Waals surface area contributed by atoms with Crippen LogP contribution in [0.25, 0.3) is 21.8 Å². The summed E-state index contributed by atoms with van der Waals surface area (Å²) in [6, 6.07) is 18.7. The standard InChI is InChI=1S/C23H20N4O4S2.C2H6/c1-3-30-23(29)17-13-18(14-8-5-4-6-9-14)33-22(17)25-20(28)21-24-19(26-31-21)15-10-7-11-16(12-15)27-32-2;1-2/h4-13,27H,3H2,1-2H3,(H,25,28);1-2H3. The highest BCUT2D eigenvalue weighted by molar-refractivity contribution is 7.99. The maximum absolute atomic E-state index is 12.8. The zero-order valence-corrected chi connectivity index (χ0v) is 21.5. The van der Waals surface area contributed by atoms with Gasteiger partial charge in [-0.05, 0) is 30.7 Å². The van der Waals surface area contributed by atoms with Crippen LogP contribution in [0.1, 0.15) is 41.8 Å². The van der Waals surface area contributed by atoms with Crippen LogP contribution >= 0.6 is 23.3 Å². The smallest absolute Gasteiger partial charge is 0.341 e. The van der Waals surface area contributed by atoms with Gasteiger partial charge in [0.2, 0.25) is 5.82 Å². The first-order valence-corrected chi connectivity index (χ1v) is 13.0. The number of ether oxygens (including phenoxy) is 1. The van der Waals surface area contributed by atoms with E-state index in [-0.39, 0.29) is 23.9 Å². The van der Waals surface area contributed by atoms with Gasteiger partial charge in [0.25, 0.3) is 0 Å². The molecule has 0 bridgehead atoms. The van der Waals surface area contributed by atoms with Crippen molar-refractivity contribution < 1.29 is 18.8 Å². The minimum absolute atomic E-state index is 0.210. The molecule has 35 heavy (non-hydrogen) atoms. The third-order valence-corrected chi connectivity index (χ3v) is 6.01. The molecule has 2 N–H and O–H groups in total. The van der Waals surface area contributed by atoms with Gasteiger partial charge in [-0.3, -0.25) is 4.79 Å². The summed E-state index contributed by atoms with van der Waals surface area (Å²) in [7, 11) is 0. The molecule has 0 fully saturated rings. The van der Waals surface area contributed by atoms with Crippen LogP contribution in [-0.4, -0.2) is 34.9 Å². The molecule has 4 aromatic rings. The largest absolute Gasteiger partial charge is 0.462 e. The molecule has 1 amide bonds. The Balaban J connectivity index is 0.00000167. The van der Waals surface area contributed by atoms with Crippen molar-refractivity contribution in [3.8, 4) is 21.8 Å². The first-order valence-electron chi connectivity index (χ1n) is 11.0. The van der Waals surface area contributed by atoms with Crippen molar-refractivity contribution in [2.45, 2.75) is 20.8 Å². The molecule has 182 valence electrons. The molecule has 0 saturated carbocycles. The van der Waals surface area contributed by atoms with E-state index >= 15 is 0 Å². The number of esters is 1. The van der Waals surface area contributed by atoms with E-state index in [0.29, 0.717) is 10.6 Å². The lowest BCUT2D eigenvalue weighted by Gasteiger charge is -2.03. The lowest BCUT2D eigenvalue weighted by molar-refractivity contribution is 0.0528. The summed E-state index contributed by atoms with van der Waals surface area (Å²) < 4.78 is 13.5. The van der Waals surface area contributed by atoms with E-state index in [1.807, 2.05) is 74.7 Å². The summed E-state index contributed by atoms with van der Waals surface area (Å²) in [5, 5.41) is 6.99. The van der Waals surface area contributed by atoms with Crippen molar-refractivity contribution in [2.75, 3.05) is 22.9 Å². The van der Waals surface area contributed by atoms with Crippen LogP contribution < -0.4 is 10.0 Å². The summed E-state index contributed by atoms with van der Waals surface area (Å²) >= 11 is 2.73. The van der Waals surface area contributed by atoms with Crippen LogP contribution in [0.2, 0.25) is 0 Å². The van der Waals surface area contributed by atoms with Crippen LogP contribution in [0.4, 0.5) is 10.7 Å². The average molecular weight is 511 g/mol. The molecule has 0 atom stereocenters. The molecule has 2 aromatic carbocycles. The molecule has 8 nitrogen and oxygen atoms in total. The van der Waals surface area contributed by atoms with Gasteiger partial charge in [-0.1, -0.05) is 73.4 Å². The van der Waals surface area contributed by atoms with Crippen molar-refractivity contribution in [1.82, 2.24) is 10.1 Å². The Kier molecular flexibility index (Phi) is 9.45. The molecule has 2 aromatic heterocycles. The Morgan fingerprint density at radius 2 is 1.80 bits per heavy atom. The number of hydrogen-bond donors (Lipinski definition) is 2. The summed E-state index contributed by atoms with van der Waals surface area (Å²) in [4.78, 5) is 30.4. The molecule has 10 heteroatoms. The van der Waals surface area contributed by atoms with E-state index in [0.717, 1.165) is 16.1 Å². The quantitative estimate of drug-likeness (QED) is 0.201. The SMILES string of the molecule is CC.CCOC(=O)c1cc(-c2ccccc2)sc1NC(=O)c1nc(-c2cccc(NSC)c2)no1. The second-order valence-corrected chi connectivity index (χ2v) is 8.37. The molecule has 0 spiro atoms. The number of hydrogen-bond acceptors (Lipinski definition) is 9. The van der Waals surface area contributed by atoms with Crippen molar-refractivity contribution in [3.05, 3.63) is 72.1 Å². The van der Waals surface area contributed by atoms with Crippen molar-refractivity contribution in [2.24, 2.45) is 0 Å². The first-order chi connectivity index (χ1) is 17.1. The predicted molar refractivity (Wildman–Crippen MR) is 142 cm³/mol. The second kappa shape index (κ2) is 12.7. The monoisotopic (exact) mass is 510 g/mol. The summed E-state index contributed by atoms with van der Waals surface area (Å²) in [5.74, 6) is -1.06. The van der Waals surface area contributed by atoms with E-state index in [1.165, 1.54) is 23.3 Å². The Morgan fingerprint density at radius 3 is 2.51 bits per heavy atom. The van der Waals surface area contributed by atoms with Gasteiger partial charge in [-0.2, -0.15) is 4.98 Å². The fraction of sp³-hybridized carbons (Fsp3) is 0.200. The number of anilines is 2. The molecular weight excluding hydrogens is 484 g/mol. The number of aromatic nitrogens is 2. The normalized spacial score (nSPS) is 10.2. The van der Waals surface area contributed by atoms with Gasteiger partial charge < -0.3 is 19.3 Å². The third-order valence-electron chi connectivity index (χ3n) is 4.47. The maximum atomic E-state index is 12.8. The van der Waals surface area contributed by atoms with E-state index in [2.05, 4.69) is 20.2 Å². The summed E-state index contributed by atoms with van der Waals surface area (Å²) in [6.45, 7) is 5.95. The van der Waals surface area contributed by atoms with E-state index < -0.39 is 11.9 Å². The highest BCUT2D eigenvalue weighted by Crippen LogP contribution is 2.36. The summed E-state index contributed by atoms with van der Waals surface area (Å²) in [6.07, 6.45) is 1.92. The highest BCUT2D eigenvalue weighted by Gasteiger charge is 2.23. The Morgan fingerprint density at radius 1 is 1.06 bits per heavy atom. The molecule has 0 aliphatic carbocycles. The molecule has 4 rings (SSSR count). The van der Waals surface area contributed by atoms with Crippen molar-refractivity contribution >= 4 is 45.8 Å². The molecule has 0 aliphatic heterocycles. The van der Waals surface area contributed by atoms with Crippen LogP contribution in [-0.2, 0) is 4.74 Å². The van der Waals surface area contributed by atoms with Gasteiger partial charge in [-0.25, -0.2) is 4.79 Å². The van der Waals surface area contributed by atoms with Crippen molar-refractivity contribution in [3.63, 3.8) is 0 Å². The number of nitrogens with zero attached hydrogens (tertiary/aromatic N) is 2. The zero-order chi connectivity index (χ0) is 25.2. The predicted octanol–water partition coefficient (Wildman–Crippen LogP) is 6.61. The number of thiophene rings is 1. The van der Waals surface area contributed by atoms with Gasteiger partial charge in [0.15, 0.2) is 0 Å². The molecule has 0 radical (unpaired) electrons. The number of benzene rings is 2. The van der Waals surface area contributed by atoms with Gasteiger partial charge in [0.1, 0.15) is 5.00 Å². The number of rotatable bonds is 8. The lowest BCUT2D eigenvalue weighted by atomic mass is 10.1. The molecule has 0 unspecified atom stereocenters. The maximum Gasteiger partial charge on any atom is 0.341 e. The fourth-order valence-corrected chi connectivity index (χ4v) is 4.43. The zero-order valence-electron chi connectivity index (χ0n) is 19.8. The minimum Gasteiger partial charge on any atom is -0.462 e. The van der Waals surface area contributed by atoms with Gasteiger partial charge >= 0.3 is 17.8 Å². The van der Waals surface area contributed by atoms with Crippen LogP contribution in [0.5, 0.6) is 0 Å². The molecule has 0 aliphatic rings. The number of nitrogens with one attached hydrogen (secondary N) is 2.